The summed E-state index contributed by atoms with van der Waals surface area (Å²) in [7, 11) is 0. The van der Waals surface area contributed by atoms with Crippen LogP contribution < -0.4 is 11.1 Å². The maximum Gasteiger partial charge on any atom is 0.162 e. The fourth-order valence-electron chi connectivity index (χ4n) is 2.90. The van der Waals surface area contributed by atoms with E-state index >= 15 is 0 Å². The lowest BCUT2D eigenvalue weighted by Gasteiger charge is -2.28. The summed E-state index contributed by atoms with van der Waals surface area (Å²) in [5.41, 5.74) is 7.99. The number of aryl methyl sites for hydroxylation is 1. The van der Waals surface area contributed by atoms with Gasteiger partial charge in [0.25, 0.3) is 0 Å². The van der Waals surface area contributed by atoms with Gasteiger partial charge in [-0.25, -0.2) is 4.98 Å². The van der Waals surface area contributed by atoms with E-state index in [0.29, 0.717) is 11.2 Å². The lowest BCUT2D eigenvalue weighted by Crippen LogP contribution is -2.35. The summed E-state index contributed by atoms with van der Waals surface area (Å²) in [4.78, 5) is 4.38. The number of nitrogens with two attached hydrogens (primary N) is 1. The van der Waals surface area contributed by atoms with E-state index in [2.05, 4.69) is 22.3 Å². The second-order valence-electron chi connectivity index (χ2n) is 5.49. The number of nitrogens with zero attached hydrogens (tertiary/aromatic N) is 3. The zero-order valence-electron chi connectivity index (χ0n) is 11.6. The highest BCUT2D eigenvalue weighted by atomic mass is 35.5. The SMILES string of the molecule is CCc1cnn2c(NC3CCCC(N)C3)cc(Cl)nc12. The molecule has 0 aromatic carbocycles. The van der Waals surface area contributed by atoms with Crippen molar-refractivity contribution in [2.75, 3.05) is 5.32 Å². The average Bonchev–Trinajstić information content (AvgIpc) is 2.81. The first kappa shape index (κ1) is 13.6. The van der Waals surface area contributed by atoms with Crippen LogP contribution in [-0.2, 0) is 6.42 Å². The molecule has 1 aliphatic carbocycles. The van der Waals surface area contributed by atoms with Gasteiger partial charge in [0.15, 0.2) is 5.65 Å². The molecule has 0 spiro atoms. The first-order valence-corrected chi connectivity index (χ1v) is 7.60. The van der Waals surface area contributed by atoms with Crippen molar-refractivity contribution in [3.05, 3.63) is 23.0 Å². The van der Waals surface area contributed by atoms with Crippen LogP contribution in [-0.4, -0.2) is 26.7 Å². The van der Waals surface area contributed by atoms with Crippen molar-refractivity contribution in [1.29, 1.82) is 0 Å². The lowest BCUT2D eigenvalue weighted by molar-refractivity contribution is 0.408. The summed E-state index contributed by atoms with van der Waals surface area (Å²) in [6.45, 7) is 2.09. The van der Waals surface area contributed by atoms with Crippen LogP contribution >= 0.6 is 11.6 Å². The monoisotopic (exact) mass is 293 g/mol. The number of hydrogen-bond donors (Lipinski definition) is 2. The van der Waals surface area contributed by atoms with Crippen molar-refractivity contribution < 1.29 is 0 Å². The molecule has 2 aromatic rings. The fourth-order valence-corrected chi connectivity index (χ4v) is 3.08. The number of aromatic nitrogens is 3. The lowest BCUT2D eigenvalue weighted by atomic mass is 9.92. The van der Waals surface area contributed by atoms with Crippen molar-refractivity contribution in [2.24, 2.45) is 5.73 Å². The molecular weight excluding hydrogens is 274 g/mol. The summed E-state index contributed by atoms with van der Waals surface area (Å²) in [5.74, 6) is 0.902. The van der Waals surface area contributed by atoms with E-state index in [1.807, 2.05) is 16.8 Å². The van der Waals surface area contributed by atoms with Crippen LogP contribution in [0.15, 0.2) is 12.3 Å². The van der Waals surface area contributed by atoms with Crippen LogP contribution in [0.4, 0.5) is 5.82 Å². The van der Waals surface area contributed by atoms with E-state index in [4.69, 9.17) is 17.3 Å². The zero-order chi connectivity index (χ0) is 14.1. The Kier molecular flexibility index (Phi) is 3.81. The number of rotatable bonds is 3. The average molecular weight is 294 g/mol. The van der Waals surface area contributed by atoms with E-state index in [0.717, 1.165) is 42.7 Å². The molecule has 0 aliphatic heterocycles. The predicted octanol–water partition coefficient (Wildman–Crippen LogP) is 2.63. The smallest absolute Gasteiger partial charge is 0.162 e. The van der Waals surface area contributed by atoms with Crippen LogP contribution in [0, 0.1) is 0 Å². The molecule has 5 nitrogen and oxygen atoms in total. The molecule has 108 valence electrons. The minimum Gasteiger partial charge on any atom is -0.367 e. The van der Waals surface area contributed by atoms with Crippen LogP contribution in [0.2, 0.25) is 5.15 Å². The molecule has 2 heterocycles. The third kappa shape index (κ3) is 2.60. The molecule has 0 saturated heterocycles. The van der Waals surface area contributed by atoms with Gasteiger partial charge in [0.1, 0.15) is 11.0 Å². The normalized spacial score (nSPS) is 23.1. The number of hydrogen-bond acceptors (Lipinski definition) is 4. The summed E-state index contributed by atoms with van der Waals surface area (Å²) in [5, 5.41) is 8.44. The predicted molar refractivity (Wildman–Crippen MR) is 81.2 cm³/mol. The molecular formula is C14H20ClN5. The van der Waals surface area contributed by atoms with Crippen molar-refractivity contribution in [3.8, 4) is 0 Å². The zero-order valence-corrected chi connectivity index (χ0v) is 12.4. The van der Waals surface area contributed by atoms with Crippen molar-refractivity contribution >= 4 is 23.1 Å². The molecule has 0 radical (unpaired) electrons. The highest BCUT2D eigenvalue weighted by Gasteiger charge is 2.20. The molecule has 2 unspecified atom stereocenters. The number of halogens is 1. The minimum atomic E-state index is 0.290. The third-order valence-corrected chi connectivity index (χ3v) is 4.15. The van der Waals surface area contributed by atoms with E-state index in [1.54, 1.807) is 0 Å². The summed E-state index contributed by atoms with van der Waals surface area (Å²) < 4.78 is 1.84. The molecule has 1 aliphatic rings. The first-order chi connectivity index (χ1) is 9.67. The van der Waals surface area contributed by atoms with Gasteiger partial charge in [-0.05, 0) is 32.1 Å². The second-order valence-corrected chi connectivity index (χ2v) is 5.88. The molecule has 3 N–H and O–H groups in total. The molecule has 3 rings (SSSR count). The van der Waals surface area contributed by atoms with E-state index < -0.39 is 0 Å². The first-order valence-electron chi connectivity index (χ1n) is 7.22. The van der Waals surface area contributed by atoms with Gasteiger partial charge in [0.2, 0.25) is 0 Å². The van der Waals surface area contributed by atoms with Crippen LogP contribution in [0.3, 0.4) is 0 Å². The van der Waals surface area contributed by atoms with Gasteiger partial charge >= 0.3 is 0 Å². The van der Waals surface area contributed by atoms with Gasteiger partial charge < -0.3 is 11.1 Å². The maximum absolute atomic E-state index is 6.14. The molecule has 20 heavy (non-hydrogen) atoms. The summed E-state index contributed by atoms with van der Waals surface area (Å²) >= 11 is 6.14. The Bertz CT molecular complexity index is 609. The van der Waals surface area contributed by atoms with Gasteiger partial charge in [0.05, 0.1) is 6.20 Å². The molecule has 0 bridgehead atoms. The molecule has 1 saturated carbocycles. The molecule has 2 aromatic heterocycles. The van der Waals surface area contributed by atoms with Gasteiger partial charge in [-0.1, -0.05) is 18.5 Å². The number of fused-ring (bicyclic) bond motifs is 1. The van der Waals surface area contributed by atoms with E-state index in [1.165, 1.54) is 6.42 Å². The number of anilines is 1. The molecule has 6 heteroatoms. The Balaban J connectivity index is 1.92. The van der Waals surface area contributed by atoms with Gasteiger partial charge in [-0.3, -0.25) is 0 Å². The minimum absolute atomic E-state index is 0.290. The topological polar surface area (TPSA) is 68.2 Å². The van der Waals surface area contributed by atoms with Crippen LogP contribution in [0.25, 0.3) is 5.65 Å². The summed E-state index contributed by atoms with van der Waals surface area (Å²) in [6, 6.07) is 2.51. The quantitative estimate of drug-likeness (QED) is 0.854. The second kappa shape index (κ2) is 5.58. The van der Waals surface area contributed by atoms with Crippen molar-refractivity contribution in [2.45, 2.75) is 51.1 Å². The van der Waals surface area contributed by atoms with Gasteiger partial charge in [0, 0.05) is 23.7 Å². The largest absolute Gasteiger partial charge is 0.367 e. The maximum atomic E-state index is 6.14. The van der Waals surface area contributed by atoms with Gasteiger partial charge in [-0.15, -0.1) is 0 Å². The van der Waals surface area contributed by atoms with Crippen LogP contribution in [0.1, 0.15) is 38.2 Å². The highest BCUT2D eigenvalue weighted by Crippen LogP contribution is 2.24. The van der Waals surface area contributed by atoms with E-state index in [-0.39, 0.29) is 6.04 Å². The number of nitrogens with one attached hydrogen (secondary N) is 1. The van der Waals surface area contributed by atoms with Crippen LogP contribution in [0.5, 0.6) is 0 Å². The Labute approximate surface area is 123 Å². The molecule has 0 amide bonds. The highest BCUT2D eigenvalue weighted by molar-refractivity contribution is 6.29. The van der Waals surface area contributed by atoms with Crippen molar-refractivity contribution in [3.63, 3.8) is 0 Å². The van der Waals surface area contributed by atoms with Crippen molar-refractivity contribution in [1.82, 2.24) is 14.6 Å². The fraction of sp³-hybridized carbons (Fsp3) is 0.571. The van der Waals surface area contributed by atoms with Gasteiger partial charge in [-0.2, -0.15) is 9.61 Å². The Morgan fingerprint density at radius 1 is 1.50 bits per heavy atom. The summed E-state index contributed by atoms with van der Waals surface area (Å²) in [6.07, 6.45) is 7.16. The Morgan fingerprint density at radius 3 is 3.10 bits per heavy atom. The Hall–Kier alpha value is -1.33. The third-order valence-electron chi connectivity index (χ3n) is 3.96. The molecule has 2 atom stereocenters. The standard InChI is InChI=1S/C14H20ClN5/c1-2-9-8-17-20-13(7-12(15)19-14(9)20)18-11-5-3-4-10(16)6-11/h7-8,10-11,18H,2-6,16H2,1H3. The molecule has 1 fully saturated rings. The van der Waals surface area contributed by atoms with E-state index in [9.17, 15) is 0 Å². The Morgan fingerprint density at radius 2 is 2.35 bits per heavy atom.